The van der Waals surface area contributed by atoms with Gasteiger partial charge in [0.25, 0.3) is 0 Å². The Kier molecular flexibility index (Phi) is 4.15. The molecule has 1 unspecified atom stereocenters. The normalized spacial score (nSPS) is 16.6. The van der Waals surface area contributed by atoms with Crippen molar-refractivity contribution < 1.29 is 9.59 Å². The van der Waals surface area contributed by atoms with Crippen LogP contribution in [0.5, 0.6) is 0 Å². The lowest BCUT2D eigenvalue weighted by Crippen LogP contribution is -2.45. The van der Waals surface area contributed by atoms with Gasteiger partial charge in [-0.15, -0.1) is 11.8 Å². The highest BCUT2D eigenvalue weighted by atomic mass is 32.2. The Balaban J connectivity index is 1.87. The summed E-state index contributed by atoms with van der Waals surface area (Å²) < 4.78 is 0. The van der Waals surface area contributed by atoms with Crippen molar-refractivity contribution in [1.82, 2.24) is 0 Å². The molecule has 0 spiro atoms. The van der Waals surface area contributed by atoms with Crippen molar-refractivity contribution in [2.24, 2.45) is 0 Å². The van der Waals surface area contributed by atoms with Crippen molar-refractivity contribution in [2.75, 3.05) is 16.8 Å². The zero-order chi connectivity index (χ0) is 15.5. The molecule has 112 valence electrons. The summed E-state index contributed by atoms with van der Waals surface area (Å²) in [4.78, 5) is 27.6. The summed E-state index contributed by atoms with van der Waals surface area (Å²) in [6.07, 6.45) is 0. The topological polar surface area (TPSA) is 49.4 Å². The van der Waals surface area contributed by atoms with Gasteiger partial charge in [-0.1, -0.05) is 30.3 Å². The molecule has 4 nitrogen and oxygen atoms in total. The van der Waals surface area contributed by atoms with Crippen LogP contribution in [0.25, 0.3) is 0 Å². The van der Waals surface area contributed by atoms with Crippen LogP contribution in [0.4, 0.5) is 11.4 Å². The van der Waals surface area contributed by atoms with Crippen molar-refractivity contribution in [1.29, 1.82) is 0 Å². The van der Waals surface area contributed by atoms with E-state index in [-0.39, 0.29) is 11.8 Å². The maximum Gasteiger partial charge on any atom is 0.250 e. The molecule has 0 aromatic heterocycles. The van der Waals surface area contributed by atoms with Gasteiger partial charge in [0.05, 0.1) is 5.69 Å². The number of fused-ring (bicyclic) bond motifs is 1. The van der Waals surface area contributed by atoms with E-state index in [4.69, 9.17) is 0 Å². The Morgan fingerprint density at radius 1 is 1.14 bits per heavy atom. The third kappa shape index (κ3) is 2.72. The molecule has 2 aromatic rings. The van der Waals surface area contributed by atoms with Crippen molar-refractivity contribution in [3.05, 3.63) is 54.6 Å². The first kappa shape index (κ1) is 14.7. The molecule has 1 heterocycles. The highest BCUT2D eigenvalue weighted by Crippen LogP contribution is 2.36. The molecule has 0 bridgehead atoms. The Hall–Kier alpha value is -2.27. The van der Waals surface area contributed by atoms with Crippen LogP contribution in [-0.4, -0.2) is 23.6 Å². The summed E-state index contributed by atoms with van der Waals surface area (Å²) in [7, 11) is 0. The van der Waals surface area contributed by atoms with Gasteiger partial charge in [-0.3, -0.25) is 9.59 Å². The predicted molar refractivity (Wildman–Crippen MR) is 89.2 cm³/mol. The molecular formula is C17H16N2O2S. The largest absolute Gasteiger partial charge is 0.324 e. The molecule has 3 rings (SSSR count). The Labute approximate surface area is 133 Å². The first-order valence-electron chi connectivity index (χ1n) is 7.13. The summed E-state index contributed by atoms with van der Waals surface area (Å²) in [6.45, 7) is 2.43. The number of hydrogen-bond donors (Lipinski definition) is 1. The fraction of sp³-hybridized carbons (Fsp3) is 0.176. The molecule has 0 radical (unpaired) electrons. The van der Waals surface area contributed by atoms with Crippen LogP contribution < -0.4 is 10.2 Å². The number of carbonyl (C=O) groups is 2. The molecule has 1 atom stereocenters. The van der Waals surface area contributed by atoms with E-state index >= 15 is 0 Å². The second-order valence-electron chi connectivity index (χ2n) is 4.90. The predicted octanol–water partition coefficient (Wildman–Crippen LogP) is 3.15. The van der Waals surface area contributed by atoms with E-state index in [1.54, 1.807) is 4.90 Å². The smallest absolute Gasteiger partial charge is 0.250 e. The fourth-order valence-electron chi connectivity index (χ4n) is 2.43. The molecule has 1 aliphatic heterocycles. The van der Waals surface area contributed by atoms with Crippen molar-refractivity contribution in [3.8, 4) is 0 Å². The molecular weight excluding hydrogens is 296 g/mol. The fourth-order valence-corrected chi connectivity index (χ4v) is 3.48. The summed E-state index contributed by atoms with van der Waals surface area (Å²) in [5.41, 5.74) is 1.58. The van der Waals surface area contributed by atoms with E-state index in [2.05, 4.69) is 5.32 Å². The van der Waals surface area contributed by atoms with Crippen LogP contribution in [0.3, 0.4) is 0 Å². The van der Waals surface area contributed by atoms with Crippen molar-refractivity contribution >= 4 is 35.0 Å². The van der Waals surface area contributed by atoms with Gasteiger partial charge in [0.15, 0.2) is 5.25 Å². The second kappa shape index (κ2) is 6.23. The third-order valence-electron chi connectivity index (χ3n) is 3.50. The number of hydrogen-bond acceptors (Lipinski definition) is 3. The van der Waals surface area contributed by atoms with Gasteiger partial charge < -0.3 is 10.2 Å². The van der Waals surface area contributed by atoms with E-state index in [0.29, 0.717) is 6.54 Å². The molecule has 2 amide bonds. The standard InChI is InChI=1S/C17H16N2O2S/c1-2-19(12-8-4-3-5-9-12)17(21)15-16(20)18-13-10-6-7-11-14(13)22-15/h3-11,15H,2H2,1H3,(H,18,20). The summed E-state index contributed by atoms with van der Waals surface area (Å²) in [5, 5.41) is 2.06. The number of anilines is 2. The number of para-hydroxylation sites is 2. The van der Waals surface area contributed by atoms with E-state index in [1.165, 1.54) is 11.8 Å². The quantitative estimate of drug-likeness (QED) is 0.886. The van der Waals surface area contributed by atoms with Crippen LogP contribution >= 0.6 is 11.8 Å². The highest BCUT2D eigenvalue weighted by molar-refractivity contribution is 8.01. The summed E-state index contributed by atoms with van der Waals surface area (Å²) in [5.74, 6) is -0.450. The van der Waals surface area contributed by atoms with Gasteiger partial charge in [0.1, 0.15) is 0 Å². The number of carbonyl (C=O) groups excluding carboxylic acids is 2. The Morgan fingerprint density at radius 3 is 2.55 bits per heavy atom. The highest BCUT2D eigenvalue weighted by Gasteiger charge is 2.35. The zero-order valence-electron chi connectivity index (χ0n) is 12.2. The molecule has 0 saturated carbocycles. The Morgan fingerprint density at radius 2 is 1.82 bits per heavy atom. The average molecular weight is 312 g/mol. The lowest BCUT2D eigenvalue weighted by atomic mass is 10.2. The van der Waals surface area contributed by atoms with Gasteiger partial charge in [-0.25, -0.2) is 0 Å². The van der Waals surface area contributed by atoms with Crippen LogP contribution in [0.1, 0.15) is 6.92 Å². The van der Waals surface area contributed by atoms with Crippen molar-refractivity contribution in [2.45, 2.75) is 17.1 Å². The third-order valence-corrected chi connectivity index (χ3v) is 4.76. The average Bonchev–Trinajstić information content (AvgIpc) is 2.55. The van der Waals surface area contributed by atoms with Gasteiger partial charge in [0.2, 0.25) is 11.8 Å². The molecule has 2 aromatic carbocycles. The van der Waals surface area contributed by atoms with E-state index < -0.39 is 5.25 Å². The van der Waals surface area contributed by atoms with E-state index in [9.17, 15) is 9.59 Å². The second-order valence-corrected chi connectivity index (χ2v) is 6.05. The van der Waals surface area contributed by atoms with Gasteiger partial charge in [0, 0.05) is 17.1 Å². The molecule has 0 saturated heterocycles. The molecule has 5 heteroatoms. The maximum absolute atomic E-state index is 12.8. The minimum atomic E-state index is -0.755. The number of benzene rings is 2. The van der Waals surface area contributed by atoms with Crippen LogP contribution in [0.15, 0.2) is 59.5 Å². The minimum Gasteiger partial charge on any atom is -0.324 e. The molecule has 0 fully saturated rings. The number of rotatable bonds is 3. The van der Waals surface area contributed by atoms with E-state index in [1.807, 2.05) is 61.5 Å². The molecule has 0 aliphatic carbocycles. The molecule has 1 N–H and O–H groups in total. The van der Waals surface area contributed by atoms with Gasteiger partial charge in [-0.05, 0) is 31.2 Å². The maximum atomic E-state index is 12.8. The Bertz CT molecular complexity index is 703. The van der Waals surface area contributed by atoms with Gasteiger partial charge in [-0.2, -0.15) is 0 Å². The van der Waals surface area contributed by atoms with E-state index in [0.717, 1.165) is 16.3 Å². The summed E-state index contributed by atoms with van der Waals surface area (Å²) >= 11 is 1.31. The first-order valence-corrected chi connectivity index (χ1v) is 8.01. The lowest BCUT2D eigenvalue weighted by Gasteiger charge is -2.28. The number of nitrogens with one attached hydrogen (secondary N) is 1. The lowest BCUT2D eigenvalue weighted by molar-refractivity contribution is -0.124. The monoisotopic (exact) mass is 312 g/mol. The first-order chi connectivity index (χ1) is 10.7. The van der Waals surface area contributed by atoms with Gasteiger partial charge >= 0.3 is 0 Å². The molecule has 1 aliphatic rings. The van der Waals surface area contributed by atoms with Crippen LogP contribution in [-0.2, 0) is 9.59 Å². The van der Waals surface area contributed by atoms with Crippen molar-refractivity contribution in [3.63, 3.8) is 0 Å². The SMILES string of the molecule is CCN(C(=O)C1Sc2ccccc2NC1=O)c1ccccc1. The summed E-state index contributed by atoms with van der Waals surface area (Å²) in [6, 6.07) is 16.9. The van der Waals surface area contributed by atoms with Crippen LogP contribution in [0.2, 0.25) is 0 Å². The zero-order valence-corrected chi connectivity index (χ0v) is 13.0. The number of nitrogens with zero attached hydrogens (tertiary/aromatic N) is 1. The minimum absolute atomic E-state index is 0.189. The number of amides is 2. The van der Waals surface area contributed by atoms with Crippen LogP contribution in [0, 0.1) is 0 Å². The number of thioether (sulfide) groups is 1. The molecule has 22 heavy (non-hydrogen) atoms.